The first-order chi connectivity index (χ1) is 5.24. The molecule has 0 spiro atoms. The van der Waals surface area contributed by atoms with Gasteiger partial charge in [0.25, 0.3) is 0 Å². The lowest BCUT2D eigenvalue weighted by molar-refractivity contribution is -0.140. The maximum atomic E-state index is 10.8. The highest BCUT2D eigenvalue weighted by Gasteiger charge is 2.30. The molecular weight excluding hydrogens is 140 g/mol. The van der Waals surface area contributed by atoms with E-state index in [0.29, 0.717) is 12.3 Å². The van der Waals surface area contributed by atoms with Gasteiger partial charge in [-0.1, -0.05) is 19.8 Å². The van der Waals surface area contributed by atoms with Crippen molar-refractivity contribution < 1.29 is 9.53 Å². The van der Waals surface area contributed by atoms with Crippen molar-refractivity contribution in [2.24, 2.45) is 5.92 Å². The molecule has 1 fully saturated rings. The molecule has 2 atom stereocenters. The highest BCUT2D eigenvalue weighted by Crippen LogP contribution is 2.26. The molecule has 0 bridgehead atoms. The minimum Gasteiger partial charge on any atom is -0.462 e. The summed E-state index contributed by atoms with van der Waals surface area (Å²) in [4.78, 5) is 10.8. The van der Waals surface area contributed by atoms with Gasteiger partial charge < -0.3 is 4.74 Å². The Morgan fingerprint density at radius 3 is 2.82 bits per heavy atom. The van der Waals surface area contributed by atoms with Crippen LogP contribution in [0.4, 0.5) is 0 Å². The van der Waals surface area contributed by atoms with Crippen molar-refractivity contribution in [1.82, 2.24) is 0 Å². The fourth-order valence-corrected chi connectivity index (χ4v) is 1.53. The molecule has 0 aromatic rings. The molecule has 0 saturated carbocycles. The van der Waals surface area contributed by atoms with Crippen molar-refractivity contribution in [2.75, 3.05) is 0 Å². The Hall–Kier alpha value is -0.530. The standard InChI is InChI=1S/C9H16O2/c1-3-4-5-8-6-9(10)11-7(8)2/h7-8H,3-6H2,1-2H3. The van der Waals surface area contributed by atoms with Crippen molar-refractivity contribution in [3.63, 3.8) is 0 Å². The van der Waals surface area contributed by atoms with Crippen molar-refractivity contribution >= 4 is 5.97 Å². The maximum absolute atomic E-state index is 10.8. The molecular formula is C9H16O2. The van der Waals surface area contributed by atoms with Crippen molar-refractivity contribution in [1.29, 1.82) is 0 Å². The number of ether oxygens (including phenoxy) is 1. The van der Waals surface area contributed by atoms with E-state index in [0.717, 1.165) is 6.42 Å². The van der Waals surface area contributed by atoms with Crippen molar-refractivity contribution in [2.45, 2.75) is 45.6 Å². The van der Waals surface area contributed by atoms with Gasteiger partial charge in [-0.15, -0.1) is 0 Å². The first kappa shape index (κ1) is 8.57. The smallest absolute Gasteiger partial charge is 0.306 e. The first-order valence-corrected chi connectivity index (χ1v) is 4.43. The van der Waals surface area contributed by atoms with Gasteiger partial charge in [-0.2, -0.15) is 0 Å². The summed E-state index contributed by atoms with van der Waals surface area (Å²) in [6.45, 7) is 4.16. The molecule has 64 valence electrons. The minimum atomic E-state index is -0.0152. The molecule has 0 N–H and O–H groups in total. The molecule has 1 saturated heterocycles. The third-order valence-electron chi connectivity index (χ3n) is 2.34. The Morgan fingerprint density at radius 1 is 1.64 bits per heavy atom. The van der Waals surface area contributed by atoms with Crippen LogP contribution in [0.25, 0.3) is 0 Å². The van der Waals surface area contributed by atoms with Crippen LogP contribution in [0.5, 0.6) is 0 Å². The van der Waals surface area contributed by atoms with E-state index in [2.05, 4.69) is 6.92 Å². The number of esters is 1. The number of carbonyl (C=O) groups excluding carboxylic acids is 1. The van der Waals surface area contributed by atoms with Gasteiger partial charge in [0, 0.05) is 5.92 Å². The molecule has 0 aromatic carbocycles. The molecule has 0 radical (unpaired) electrons. The van der Waals surface area contributed by atoms with Crippen LogP contribution in [-0.2, 0) is 9.53 Å². The Kier molecular flexibility index (Phi) is 2.92. The van der Waals surface area contributed by atoms with Crippen LogP contribution in [0.2, 0.25) is 0 Å². The normalized spacial score (nSPS) is 30.5. The molecule has 0 amide bonds. The number of carbonyl (C=O) groups is 1. The molecule has 0 aromatic heterocycles. The molecule has 2 unspecified atom stereocenters. The molecule has 11 heavy (non-hydrogen) atoms. The highest BCUT2D eigenvalue weighted by molar-refractivity contribution is 5.71. The second-order valence-electron chi connectivity index (χ2n) is 3.30. The molecule has 1 rings (SSSR count). The third-order valence-corrected chi connectivity index (χ3v) is 2.34. The van der Waals surface area contributed by atoms with E-state index in [-0.39, 0.29) is 12.1 Å². The zero-order chi connectivity index (χ0) is 8.27. The SMILES string of the molecule is CCCCC1CC(=O)OC1C. The van der Waals surface area contributed by atoms with Crippen molar-refractivity contribution in [3.8, 4) is 0 Å². The summed E-state index contributed by atoms with van der Waals surface area (Å²) in [7, 11) is 0. The largest absolute Gasteiger partial charge is 0.462 e. The van der Waals surface area contributed by atoms with Crippen LogP contribution in [-0.4, -0.2) is 12.1 Å². The second-order valence-corrected chi connectivity index (χ2v) is 3.30. The van der Waals surface area contributed by atoms with Gasteiger partial charge in [-0.25, -0.2) is 0 Å². The minimum absolute atomic E-state index is 0.0152. The van der Waals surface area contributed by atoms with Crippen LogP contribution < -0.4 is 0 Å². The maximum Gasteiger partial charge on any atom is 0.306 e. The van der Waals surface area contributed by atoms with Crippen LogP contribution in [0.1, 0.15) is 39.5 Å². The lowest BCUT2D eigenvalue weighted by atomic mass is 9.96. The average Bonchev–Trinajstić information content (AvgIpc) is 2.26. The fourth-order valence-electron chi connectivity index (χ4n) is 1.53. The zero-order valence-corrected chi connectivity index (χ0v) is 7.30. The van der Waals surface area contributed by atoms with E-state index in [1.54, 1.807) is 0 Å². The van der Waals surface area contributed by atoms with Crippen LogP contribution in [0.15, 0.2) is 0 Å². The summed E-state index contributed by atoms with van der Waals surface area (Å²) in [5.74, 6) is 0.473. The highest BCUT2D eigenvalue weighted by atomic mass is 16.5. The van der Waals surface area contributed by atoms with E-state index >= 15 is 0 Å². The summed E-state index contributed by atoms with van der Waals surface area (Å²) in [5, 5.41) is 0. The molecule has 2 heteroatoms. The number of cyclic esters (lactones) is 1. The number of hydrogen-bond donors (Lipinski definition) is 0. The van der Waals surface area contributed by atoms with Gasteiger partial charge in [0.1, 0.15) is 6.10 Å². The van der Waals surface area contributed by atoms with Crippen LogP contribution in [0.3, 0.4) is 0 Å². The Balaban J connectivity index is 2.28. The Bertz CT molecular complexity index is 142. The summed E-state index contributed by atoms with van der Waals surface area (Å²) >= 11 is 0. The van der Waals surface area contributed by atoms with Crippen molar-refractivity contribution in [3.05, 3.63) is 0 Å². The van der Waals surface area contributed by atoms with E-state index in [1.807, 2.05) is 6.92 Å². The van der Waals surface area contributed by atoms with Gasteiger partial charge in [-0.3, -0.25) is 4.79 Å². The predicted molar refractivity (Wildman–Crippen MR) is 43.2 cm³/mol. The van der Waals surface area contributed by atoms with Crippen LogP contribution >= 0.6 is 0 Å². The summed E-state index contributed by atoms with van der Waals surface area (Å²) in [6, 6.07) is 0. The van der Waals surface area contributed by atoms with Gasteiger partial charge in [0.05, 0.1) is 6.42 Å². The van der Waals surface area contributed by atoms with Gasteiger partial charge in [0.15, 0.2) is 0 Å². The summed E-state index contributed by atoms with van der Waals surface area (Å²) in [6.07, 6.45) is 4.36. The van der Waals surface area contributed by atoms with E-state index in [1.165, 1.54) is 12.8 Å². The number of hydrogen-bond acceptors (Lipinski definition) is 2. The quantitative estimate of drug-likeness (QED) is 0.585. The molecule has 1 aliphatic heterocycles. The zero-order valence-electron chi connectivity index (χ0n) is 7.30. The van der Waals surface area contributed by atoms with Gasteiger partial charge >= 0.3 is 5.97 Å². The van der Waals surface area contributed by atoms with Gasteiger partial charge in [0.2, 0.25) is 0 Å². The van der Waals surface area contributed by atoms with E-state index < -0.39 is 0 Å². The lowest BCUT2D eigenvalue weighted by Crippen LogP contribution is -2.10. The average molecular weight is 156 g/mol. The monoisotopic (exact) mass is 156 g/mol. The molecule has 2 nitrogen and oxygen atoms in total. The molecule has 0 aliphatic carbocycles. The Labute approximate surface area is 67.9 Å². The number of unbranched alkanes of at least 4 members (excludes halogenated alkanes) is 1. The molecule has 1 aliphatic rings. The Morgan fingerprint density at radius 2 is 2.36 bits per heavy atom. The fraction of sp³-hybridized carbons (Fsp3) is 0.889. The summed E-state index contributed by atoms with van der Waals surface area (Å²) < 4.78 is 5.03. The van der Waals surface area contributed by atoms with E-state index in [4.69, 9.17) is 4.74 Å². The topological polar surface area (TPSA) is 26.3 Å². The summed E-state index contributed by atoms with van der Waals surface area (Å²) in [5.41, 5.74) is 0. The van der Waals surface area contributed by atoms with E-state index in [9.17, 15) is 4.79 Å². The predicted octanol–water partition coefficient (Wildman–Crippen LogP) is 2.13. The first-order valence-electron chi connectivity index (χ1n) is 4.43. The lowest BCUT2D eigenvalue weighted by Gasteiger charge is -2.10. The number of rotatable bonds is 3. The third kappa shape index (κ3) is 2.21. The van der Waals surface area contributed by atoms with Gasteiger partial charge in [-0.05, 0) is 13.3 Å². The van der Waals surface area contributed by atoms with Crippen LogP contribution in [0, 0.1) is 5.92 Å². The second kappa shape index (κ2) is 3.74. The molecule has 1 heterocycles.